The predicted octanol–water partition coefficient (Wildman–Crippen LogP) is -1.22. The van der Waals surface area contributed by atoms with Crippen molar-refractivity contribution in [2.75, 3.05) is 13.1 Å². The fourth-order valence-corrected chi connectivity index (χ4v) is 1.24. The van der Waals surface area contributed by atoms with Crippen LogP contribution in [0.4, 0.5) is 0 Å². The number of carbonyl (C=O) groups is 2. The minimum Gasteiger partial charge on any atom is -0.368 e. The second-order valence-corrected chi connectivity index (χ2v) is 3.78. The lowest BCUT2D eigenvalue weighted by molar-refractivity contribution is -0.118. The number of primary amides is 1. The summed E-state index contributed by atoms with van der Waals surface area (Å²) in [5, 5.41) is 12.6. The van der Waals surface area contributed by atoms with Gasteiger partial charge in [0, 0.05) is 6.54 Å². The Hall–Kier alpha value is -1.99. The Morgan fingerprint density at radius 3 is 2.62 bits per heavy atom. The summed E-state index contributed by atoms with van der Waals surface area (Å²) in [6.07, 6.45) is 0. The highest BCUT2D eigenvalue weighted by molar-refractivity contribution is 5.92. The van der Waals surface area contributed by atoms with Crippen LogP contribution in [0.25, 0.3) is 0 Å². The summed E-state index contributed by atoms with van der Waals surface area (Å²) < 4.78 is 0. The molecule has 0 aromatic carbocycles. The smallest absolute Gasteiger partial charge is 0.295 e. The summed E-state index contributed by atoms with van der Waals surface area (Å²) in [6, 6.07) is 0. The molecule has 1 aromatic rings. The first-order valence-electron chi connectivity index (χ1n) is 4.81. The van der Waals surface area contributed by atoms with E-state index in [0.29, 0.717) is 6.54 Å². The van der Waals surface area contributed by atoms with Gasteiger partial charge in [0.15, 0.2) is 0 Å². The average molecular weight is 226 g/mol. The van der Waals surface area contributed by atoms with Crippen molar-refractivity contribution in [1.82, 2.24) is 25.5 Å². The quantitative estimate of drug-likeness (QED) is 0.652. The van der Waals surface area contributed by atoms with Gasteiger partial charge in [-0.25, -0.2) is 0 Å². The highest BCUT2D eigenvalue weighted by atomic mass is 16.2. The van der Waals surface area contributed by atoms with Crippen molar-refractivity contribution in [2.45, 2.75) is 13.8 Å². The van der Waals surface area contributed by atoms with Gasteiger partial charge in [0.1, 0.15) is 0 Å². The van der Waals surface area contributed by atoms with Crippen LogP contribution in [0.15, 0.2) is 0 Å². The number of nitrogens with one attached hydrogen (secondary N) is 1. The topological polar surface area (TPSA) is 118 Å². The molecule has 0 bridgehead atoms. The van der Waals surface area contributed by atoms with Crippen LogP contribution in [0.5, 0.6) is 0 Å². The summed E-state index contributed by atoms with van der Waals surface area (Å²) in [7, 11) is 0. The van der Waals surface area contributed by atoms with E-state index in [1.807, 2.05) is 13.8 Å². The maximum absolute atomic E-state index is 11.8. The van der Waals surface area contributed by atoms with E-state index in [2.05, 4.69) is 20.6 Å². The Balaban J connectivity index is 2.75. The number of hydrogen-bond donors (Lipinski definition) is 2. The van der Waals surface area contributed by atoms with Crippen molar-refractivity contribution in [3.8, 4) is 0 Å². The van der Waals surface area contributed by atoms with Gasteiger partial charge in [0.2, 0.25) is 5.91 Å². The molecular formula is C8H14N6O2. The first-order valence-corrected chi connectivity index (χ1v) is 4.81. The van der Waals surface area contributed by atoms with Gasteiger partial charge in [-0.05, 0) is 11.1 Å². The Morgan fingerprint density at radius 1 is 1.50 bits per heavy atom. The number of carbonyl (C=O) groups excluding carboxylic acids is 2. The van der Waals surface area contributed by atoms with Crippen LogP contribution < -0.4 is 5.73 Å². The molecule has 0 fully saturated rings. The molecule has 3 N–H and O–H groups in total. The molecule has 0 unspecified atom stereocenters. The van der Waals surface area contributed by atoms with E-state index in [1.54, 1.807) is 0 Å². The molecule has 16 heavy (non-hydrogen) atoms. The maximum Gasteiger partial charge on any atom is 0.295 e. The van der Waals surface area contributed by atoms with Crippen LogP contribution in [-0.4, -0.2) is 50.4 Å². The van der Waals surface area contributed by atoms with E-state index in [4.69, 9.17) is 5.73 Å². The molecule has 8 nitrogen and oxygen atoms in total. The molecular weight excluding hydrogens is 212 g/mol. The Morgan fingerprint density at radius 2 is 2.19 bits per heavy atom. The van der Waals surface area contributed by atoms with Gasteiger partial charge in [-0.2, -0.15) is 5.21 Å². The zero-order valence-electron chi connectivity index (χ0n) is 9.17. The van der Waals surface area contributed by atoms with E-state index in [0.717, 1.165) is 0 Å². The third-order valence-electron chi connectivity index (χ3n) is 1.76. The SMILES string of the molecule is CC(C)CN(CC(N)=O)C(=O)c1nn[nH]n1. The lowest BCUT2D eigenvalue weighted by Gasteiger charge is -2.21. The number of tetrazole rings is 1. The van der Waals surface area contributed by atoms with E-state index < -0.39 is 11.8 Å². The Bertz CT molecular complexity index is 361. The minimum absolute atomic E-state index is 0.0677. The molecule has 0 saturated carbocycles. The van der Waals surface area contributed by atoms with Crippen LogP contribution in [0.1, 0.15) is 24.5 Å². The molecule has 0 spiro atoms. The summed E-state index contributed by atoms with van der Waals surface area (Å²) in [4.78, 5) is 23.9. The van der Waals surface area contributed by atoms with Gasteiger partial charge in [-0.1, -0.05) is 13.8 Å². The van der Waals surface area contributed by atoms with Crippen LogP contribution in [-0.2, 0) is 4.79 Å². The van der Waals surface area contributed by atoms with Crippen molar-refractivity contribution < 1.29 is 9.59 Å². The van der Waals surface area contributed by atoms with E-state index in [-0.39, 0.29) is 18.3 Å². The van der Waals surface area contributed by atoms with Gasteiger partial charge in [0.25, 0.3) is 11.7 Å². The van der Waals surface area contributed by atoms with Crippen LogP contribution in [0.3, 0.4) is 0 Å². The number of rotatable bonds is 5. The van der Waals surface area contributed by atoms with E-state index in [9.17, 15) is 9.59 Å². The predicted molar refractivity (Wildman–Crippen MR) is 54.1 cm³/mol. The summed E-state index contributed by atoms with van der Waals surface area (Å²) in [5.74, 6) is -0.879. The van der Waals surface area contributed by atoms with E-state index >= 15 is 0 Å². The number of H-pyrrole nitrogens is 1. The molecule has 0 radical (unpaired) electrons. The van der Waals surface area contributed by atoms with Crippen LogP contribution in [0, 0.1) is 5.92 Å². The first-order chi connectivity index (χ1) is 7.50. The number of amides is 2. The van der Waals surface area contributed by atoms with Gasteiger partial charge >= 0.3 is 0 Å². The lowest BCUT2D eigenvalue weighted by Crippen LogP contribution is -2.41. The number of aromatic amines is 1. The monoisotopic (exact) mass is 226 g/mol. The number of aromatic nitrogens is 4. The molecule has 8 heteroatoms. The minimum atomic E-state index is -0.572. The van der Waals surface area contributed by atoms with Crippen molar-refractivity contribution in [1.29, 1.82) is 0 Å². The summed E-state index contributed by atoms with van der Waals surface area (Å²) in [5.41, 5.74) is 5.06. The van der Waals surface area contributed by atoms with Crippen molar-refractivity contribution in [3.63, 3.8) is 0 Å². The summed E-state index contributed by atoms with van der Waals surface area (Å²) >= 11 is 0. The number of hydrogen-bond acceptors (Lipinski definition) is 5. The average Bonchev–Trinajstić information content (AvgIpc) is 2.66. The highest BCUT2D eigenvalue weighted by Crippen LogP contribution is 2.02. The molecule has 1 heterocycles. The normalized spacial score (nSPS) is 10.4. The first kappa shape index (κ1) is 12.1. The van der Waals surface area contributed by atoms with Crippen molar-refractivity contribution in [3.05, 3.63) is 5.82 Å². The Labute approximate surface area is 92.2 Å². The summed E-state index contributed by atoms with van der Waals surface area (Å²) in [6.45, 7) is 4.12. The third kappa shape index (κ3) is 3.30. The number of nitrogens with zero attached hydrogens (tertiary/aromatic N) is 4. The van der Waals surface area contributed by atoms with Gasteiger partial charge in [-0.3, -0.25) is 9.59 Å². The zero-order valence-corrected chi connectivity index (χ0v) is 9.17. The fraction of sp³-hybridized carbons (Fsp3) is 0.625. The van der Waals surface area contributed by atoms with Crippen LogP contribution in [0.2, 0.25) is 0 Å². The van der Waals surface area contributed by atoms with E-state index in [1.165, 1.54) is 4.90 Å². The molecule has 88 valence electrons. The standard InChI is InChI=1S/C8H14N6O2/c1-5(2)3-14(4-6(9)15)8(16)7-10-12-13-11-7/h5H,3-4H2,1-2H3,(H2,9,15)(H,10,11,12,13). The second-order valence-electron chi connectivity index (χ2n) is 3.78. The lowest BCUT2D eigenvalue weighted by atomic mass is 10.2. The number of nitrogens with two attached hydrogens (primary N) is 1. The van der Waals surface area contributed by atoms with Crippen LogP contribution >= 0.6 is 0 Å². The molecule has 0 aliphatic rings. The molecule has 1 rings (SSSR count). The largest absolute Gasteiger partial charge is 0.368 e. The third-order valence-corrected chi connectivity index (χ3v) is 1.76. The molecule has 0 aliphatic heterocycles. The molecule has 1 aromatic heterocycles. The second kappa shape index (κ2) is 5.19. The molecule has 0 saturated heterocycles. The van der Waals surface area contributed by atoms with Gasteiger partial charge in [0.05, 0.1) is 6.54 Å². The maximum atomic E-state index is 11.8. The molecule has 0 atom stereocenters. The Kier molecular flexibility index (Phi) is 3.92. The van der Waals surface area contributed by atoms with Crippen molar-refractivity contribution >= 4 is 11.8 Å². The van der Waals surface area contributed by atoms with Gasteiger partial charge < -0.3 is 10.6 Å². The zero-order chi connectivity index (χ0) is 12.1. The fourth-order valence-electron chi connectivity index (χ4n) is 1.24. The van der Waals surface area contributed by atoms with Gasteiger partial charge in [-0.15, -0.1) is 10.2 Å². The molecule has 2 amide bonds. The highest BCUT2D eigenvalue weighted by Gasteiger charge is 2.21. The van der Waals surface area contributed by atoms with Crippen molar-refractivity contribution in [2.24, 2.45) is 11.7 Å². The molecule has 0 aliphatic carbocycles.